The van der Waals surface area contributed by atoms with Gasteiger partial charge >= 0.3 is 0 Å². The first kappa shape index (κ1) is 13.4. The van der Waals surface area contributed by atoms with E-state index in [9.17, 15) is 8.42 Å². The largest absolute Gasteiger partial charge is 0.345 e. The van der Waals surface area contributed by atoms with Crippen LogP contribution in [0.25, 0.3) is 11.3 Å². The van der Waals surface area contributed by atoms with Crippen LogP contribution in [0.4, 0.5) is 5.69 Å². The average Bonchev–Trinajstić information content (AvgIpc) is 3.03. The van der Waals surface area contributed by atoms with Crippen LogP contribution in [0.5, 0.6) is 0 Å². The number of nitrogens with zero attached hydrogens (tertiary/aromatic N) is 1. The van der Waals surface area contributed by atoms with Crippen LogP contribution in [-0.2, 0) is 10.0 Å². The molecule has 5 nitrogen and oxygen atoms in total. The van der Waals surface area contributed by atoms with Gasteiger partial charge in [0.2, 0.25) is 0 Å². The van der Waals surface area contributed by atoms with Gasteiger partial charge in [-0.15, -0.1) is 0 Å². The zero-order valence-electron chi connectivity index (χ0n) is 11.0. The standard InChI is InChI=1S/C15H13N3O2S/c19-21(20,14-4-2-1-3-5-14)18-13-8-6-12(7-9-13)15-10-16-11-17-15/h1-11,18H,(H,16,17). The topological polar surface area (TPSA) is 74.8 Å². The van der Waals surface area contributed by atoms with Gasteiger partial charge in [-0.2, -0.15) is 0 Å². The molecule has 0 atom stereocenters. The lowest BCUT2D eigenvalue weighted by Crippen LogP contribution is -2.12. The van der Waals surface area contributed by atoms with Gasteiger partial charge in [-0.05, 0) is 29.8 Å². The summed E-state index contributed by atoms with van der Waals surface area (Å²) in [6.45, 7) is 0. The lowest BCUT2D eigenvalue weighted by molar-refractivity contribution is 0.601. The van der Waals surface area contributed by atoms with E-state index in [1.54, 1.807) is 55.0 Å². The monoisotopic (exact) mass is 299 g/mol. The number of anilines is 1. The first-order chi connectivity index (χ1) is 10.1. The number of aromatic nitrogens is 2. The summed E-state index contributed by atoms with van der Waals surface area (Å²) >= 11 is 0. The summed E-state index contributed by atoms with van der Waals surface area (Å²) in [7, 11) is -3.55. The Labute approximate surface area is 122 Å². The molecule has 1 heterocycles. The van der Waals surface area contributed by atoms with Gasteiger partial charge < -0.3 is 4.98 Å². The second kappa shape index (κ2) is 5.41. The van der Waals surface area contributed by atoms with Crippen LogP contribution in [0.3, 0.4) is 0 Å². The second-order valence-electron chi connectivity index (χ2n) is 4.46. The fourth-order valence-corrected chi connectivity index (χ4v) is 3.02. The summed E-state index contributed by atoms with van der Waals surface area (Å²) in [4.78, 5) is 7.19. The first-order valence-electron chi connectivity index (χ1n) is 6.32. The van der Waals surface area contributed by atoms with Gasteiger partial charge in [-0.3, -0.25) is 4.72 Å². The van der Waals surface area contributed by atoms with Crippen molar-refractivity contribution in [2.45, 2.75) is 4.90 Å². The van der Waals surface area contributed by atoms with Gasteiger partial charge in [-0.1, -0.05) is 30.3 Å². The highest BCUT2D eigenvalue weighted by Crippen LogP contribution is 2.21. The van der Waals surface area contributed by atoms with Gasteiger partial charge in [0.05, 0.1) is 23.1 Å². The predicted octanol–water partition coefficient (Wildman–Crippen LogP) is 2.88. The lowest BCUT2D eigenvalue weighted by atomic mass is 10.1. The van der Waals surface area contributed by atoms with Crippen molar-refractivity contribution >= 4 is 15.7 Å². The van der Waals surface area contributed by atoms with E-state index in [4.69, 9.17) is 0 Å². The summed E-state index contributed by atoms with van der Waals surface area (Å²) in [6, 6.07) is 15.4. The molecule has 2 N–H and O–H groups in total. The van der Waals surface area contributed by atoms with E-state index >= 15 is 0 Å². The molecule has 0 amide bonds. The van der Waals surface area contributed by atoms with Crippen LogP contribution in [0, 0.1) is 0 Å². The minimum absolute atomic E-state index is 0.239. The molecule has 106 valence electrons. The van der Waals surface area contributed by atoms with Crippen molar-refractivity contribution in [2.75, 3.05) is 4.72 Å². The molecular formula is C15H13N3O2S. The van der Waals surface area contributed by atoms with Crippen molar-refractivity contribution in [3.63, 3.8) is 0 Å². The fourth-order valence-electron chi connectivity index (χ4n) is 1.95. The maximum absolute atomic E-state index is 12.2. The number of aromatic amines is 1. The minimum Gasteiger partial charge on any atom is -0.345 e. The molecule has 6 heteroatoms. The Morgan fingerprint density at radius 1 is 0.952 bits per heavy atom. The third kappa shape index (κ3) is 2.95. The van der Waals surface area contributed by atoms with Crippen LogP contribution in [0.15, 0.2) is 72.0 Å². The zero-order chi connectivity index (χ0) is 14.7. The highest BCUT2D eigenvalue weighted by molar-refractivity contribution is 7.92. The lowest BCUT2D eigenvalue weighted by Gasteiger charge is -2.08. The first-order valence-corrected chi connectivity index (χ1v) is 7.80. The summed E-state index contributed by atoms with van der Waals surface area (Å²) in [5.74, 6) is 0. The summed E-state index contributed by atoms with van der Waals surface area (Å²) in [6.07, 6.45) is 3.31. The summed E-state index contributed by atoms with van der Waals surface area (Å²) in [5, 5.41) is 0. The Bertz CT molecular complexity index is 811. The number of sulfonamides is 1. The Kier molecular flexibility index (Phi) is 3.45. The Morgan fingerprint density at radius 3 is 2.29 bits per heavy atom. The fraction of sp³-hybridized carbons (Fsp3) is 0. The van der Waals surface area contributed by atoms with Crippen LogP contribution in [0.1, 0.15) is 0 Å². The Hall–Kier alpha value is -2.60. The normalized spacial score (nSPS) is 11.2. The van der Waals surface area contributed by atoms with Gasteiger partial charge in [0.25, 0.3) is 10.0 Å². The highest BCUT2D eigenvalue weighted by atomic mass is 32.2. The molecular weight excluding hydrogens is 286 g/mol. The quantitative estimate of drug-likeness (QED) is 0.778. The van der Waals surface area contributed by atoms with Crippen LogP contribution >= 0.6 is 0 Å². The molecule has 21 heavy (non-hydrogen) atoms. The number of benzene rings is 2. The predicted molar refractivity (Wildman–Crippen MR) is 81.3 cm³/mol. The van der Waals surface area contributed by atoms with Crippen molar-refractivity contribution in [1.29, 1.82) is 0 Å². The molecule has 0 saturated heterocycles. The van der Waals surface area contributed by atoms with Crippen molar-refractivity contribution in [3.8, 4) is 11.3 Å². The zero-order valence-corrected chi connectivity index (χ0v) is 11.8. The molecule has 2 aromatic carbocycles. The summed E-state index contributed by atoms with van der Waals surface area (Å²) < 4.78 is 26.9. The average molecular weight is 299 g/mol. The molecule has 0 aliphatic heterocycles. The highest BCUT2D eigenvalue weighted by Gasteiger charge is 2.13. The van der Waals surface area contributed by atoms with E-state index in [2.05, 4.69) is 14.7 Å². The molecule has 0 bridgehead atoms. The Balaban J connectivity index is 1.83. The Morgan fingerprint density at radius 2 is 1.67 bits per heavy atom. The van der Waals surface area contributed by atoms with Crippen molar-refractivity contribution < 1.29 is 8.42 Å². The van der Waals surface area contributed by atoms with E-state index in [0.29, 0.717) is 5.69 Å². The molecule has 0 spiro atoms. The second-order valence-corrected chi connectivity index (χ2v) is 6.14. The number of rotatable bonds is 4. The van der Waals surface area contributed by atoms with Gasteiger partial charge in [0.1, 0.15) is 0 Å². The number of hydrogen-bond donors (Lipinski definition) is 2. The molecule has 0 saturated carbocycles. The summed E-state index contributed by atoms with van der Waals surface area (Å²) in [5.41, 5.74) is 2.34. The van der Waals surface area contributed by atoms with E-state index in [-0.39, 0.29) is 4.90 Å². The molecule has 0 fully saturated rings. The number of imidazole rings is 1. The van der Waals surface area contributed by atoms with Crippen molar-refractivity contribution in [2.24, 2.45) is 0 Å². The molecule has 3 aromatic rings. The molecule has 0 aliphatic carbocycles. The van der Waals surface area contributed by atoms with Crippen molar-refractivity contribution in [1.82, 2.24) is 9.97 Å². The van der Waals surface area contributed by atoms with E-state index in [1.165, 1.54) is 0 Å². The number of nitrogens with one attached hydrogen (secondary N) is 2. The third-order valence-corrected chi connectivity index (χ3v) is 4.40. The number of hydrogen-bond acceptors (Lipinski definition) is 3. The molecule has 1 aromatic heterocycles. The maximum atomic E-state index is 12.2. The smallest absolute Gasteiger partial charge is 0.261 e. The molecule has 0 aliphatic rings. The SMILES string of the molecule is O=S(=O)(Nc1ccc(-c2cnc[nH]2)cc1)c1ccccc1. The third-order valence-electron chi connectivity index (χ3n) is 3.00. The van der Waals surface area contributed by atoms with Crippen LogP contribution < -0.4 is 4.72 Å². The van der Waals surface area contributed by atoms with Gasteiger partial charge in [-0.25, -0.2) is 13.4 Å². The molecule has 0 unspecified atom stereocenters. The van der Waals surface area contributed by atoms with E-state index in [0.717, 1.165) is 11.3 Å². The molecule has 0 radical (unpaired) electrons. The van der Waals surface area contributed by atoms with Gasteiger partial charge in [0, 0.05) is 5.69 Å². The minimum atomic E-state index is -3.55. The molecule has 3 rings (SSSR count). The van der Waals surface area contributed by atoms with Crippen molar-refractivity contribution in [3.05, 3.63) is 67.1 Å². The van der Waals surface area contributed by atoms with Crippen LogP contribution in [-0.4, -0.2) is 18.4 Å². The maximum Gasteiger partial charge on any atom is 0.261 e. The van der Waals surface area contributed by atoms with E-state index in [1.807, 2.05) is 12.1 Å². The van der Waals surface area contributed by atoms with Crippen LogP contribution in [0.2, 0.25) is 0 Å². The van der Waals surface area contributed by atoms with E-state index < -0.39 is 10.0 Å². The number of H-pyrrole nitrogens is 1. The van der Waals surface area contributed by atoms with Gasteiger partial charge in [0.15, 0.2) is 0 Å².